The van der Waals surface area contributed by atoms with Gasteiger partial charge in [0.2, 0.25) is 5.91 Å². The number of carbonyl (C=O) groups is 2. The van der Waals surface area contributed by atoms with Gasteiger partial charge in [-0.25, -0.2) is 0 Å². The highest BCUT2D eigenvalue weighted by Gasteiger charge is 2.27. The van der Waals surface area contributed by atoms with Gasteiger partial charge >= 0.3 is 0 Å². The Morgan fingerprint density at radius 2 is 1.81 bits per heavy atom. The normalized spacial score (nSPS) is 14.8. The lowest BCUT2D eigenvalue weighted by Crippen LogP contribution is -2.15. The van der Waals surface area contributed by atoms with Crippen LogP contribution in [0.1, 0.15) is 45.9 Å². The second kappa shape index (κ2) is 5.66. The Hall–Kier alpha value is -3.21. The molecule has 5 nitrogen and oxygen atoms in total. The molecule has 1 aromatic heterocycles. The van der Waals surface area contributed by atoms with E-state index >= 15 is 0 Å². The first kappa shape index (κ1) is 15.1. The molecule has 2 aromatic carbocycles. The van der Waals surface area contributed by atoms with Gasteiger partial charge in [0, 0.05) is 28.8 Å². The Bertz CT molecular complexity index is 1050. The van der Waals surface area contributed by atoms with Crippen LogP contribution >= 0.6 is 0 Å². The number of carbonyl (C=O) groups excluding carboxylic acids is 2. The number of ketones is 1. The Morgan fingerprint density at radius 1 is 1.04 bits per heavy atom. The summed E-state index contributed by atoms with van der Waals surface area (Å²) < 4.78 is 0. The molecule has 2 aliphatic carbocycles. The summed E-state index contributed by atoms with van der Waals surface area (Å²) in [5, 5.41) is 9.95. The van der Waals surface area contributed by atoms with Crippen LogP contribution < -0.4 is 5.32 Å². The standard InChI is InChI=1S/C21H17N3O2/c25-20(22-19-11-18(23-24-19)13-6-7-13)10-12-5-8-15-14-3-1-2-4-16(14)21(26)17(15)9-12/h1-5,8-9,11,13H,6-7,10H2,(H2,22,23,24,25). The van der Waals surface area contributed by atoms with Gasteiger partial charge in [0.05, 0.1) is 6.42 Å². The average Bonchev–Trinajstić information content (AvgIpc) is 3.34. The fourth-order valence-electron chi connectivity index (χ4n) is 3.56. The van der Waals surface area contributed by atoms with Crippen molar-refractivity contribution >= 4 is 17.5 Å². The SMILES string of the molecule is O=C(Cc1ccc2c(c1)C(=O)c1ccccc1-2)Nc1cc(C2CC2)[nH]n1. The van der Waals surface area contributed by atoms with Crippen molar-refractivity contribution in [3.05, 3.63) is 70.9 Å². The average molecular weight is 343 g/mol. The number of benzene rings is 2. The van der Waals surface area contributed by atoms with Crippen molar-refractivity contribution in [1.29, 1.82) is 0 Å². The summed E-state index contributed by atoms with van der Waals surface area (Å²) in [6, 6.07) is 15.2. The van der Waals surface area contributed by atoms with Crippen LogP contribution in [0, 0.1) is 0 Å². The first-order chi connectivity index (χ1) is 12.7. The van der Waals surface area contributed by atoms with Gasteiger partial charge in [0.1, 0.15) is 0 Å². The van der Waals surface area contributed by atoms with Crippen molar-refractivity contribution in [2.75, 3.05) is 5.32 Å². The third kappa shape index (κ3) is 2.52. The number of H-pyrrole nitrogens is 1. The number of rotatable bonds is 4. The summed E-state index contributed by atoms with van der Waals surface area (Å²) in [4.78, 5) is 24.9. The molecule has 2 aliphatic rings. The van der Waals surface area contributed by atoms with E-state index in [1.165, 1.54) is 12.8 Å². The van der Waals surface area contributed by atoms with E-state index in [9.17, 15) is 9.59 Å². The highest BCUT2D eigenvalue weighted by Crippen LogP contribution is 2.39. The molecule has 1 saturated carbocycles. The van der Waals surface area contributed by atoms with Crippen molar-refractivity contribution < 1.29 is 9.59 Å². The lowest BCUT2D eigenvalue weighted by molar-refractivity contribution is -0.115. The molecule has 1 fully saturated rings. The predicted octanol–water partition coefficient (Wildman–Crippen LogP) is 3.68. The van der Waals surface area contributed by atoms with Crippen molar-refractivity contribution in [2.24, 2.45) is 0 Å². The van der Waals surface area contributed by atoms with Crippen LogP contribution in [-0.4, -0.2) is 21.9 Å². The zero-order valence-electron chi connectivity index (χ0n) is 14.1. The molecule has 3 aromatic rings. The first-order valence-corrected chi connectivity index (χ1v) is 8.81. The van der Waals surface area contributed by atoms with Gasteiger partial charge in [-0.15, -0.1) is 0 Å². The van der Waals surface area contributed by atoms with Gasteiger partial charge in [0.15, 0.2) is 11.6 Å². The van der Waals surface area contributed by atoms with Crippen LogP contribution in [0.5, 0.6) is 0 Å². The molecule has 0 unspecified atom stereocenters. The van der Waals surface area contributed by atoms with Crippen molar-refractivity contribution in [3.63, 3.8) is 0 Å². The maximum atomic E-state index is 12.6. The summed E-state index contributed by atoms with van der Waals surface area (Å²) in [6.45, 7) is 0. The van der Waals surface area contributed by atoms with Gasteiger partial charge in [-0.05, 0) is 35.6 Å². The van der Waals surface area contributed by atoms with Gasteiger partial charge in [-0.2, -0.15) is 5.10 Å². The van der Waals surface area contributed by atoms with Crippen LogP contribution in [0.15, 0.2) is 48.5 Å². The molecule has 26 heavy (non-hydrogen) atoms. The molecule has 1 heterocycles. The molecule has 0 saturated heterocycles. The molecule has 0 spiro atoms. The quantitative estimate of drug-likeness (QED) is 0.593. The molecule has 0 bridgehead atoms. The molecular formula is C21H17N3O2. The van der Waals surface area contributed by atoms with Gasteiger partial charge in [-0.1, -0.05) is 36.4 Å². The van der Waals surface area contributed by atoms with Crippen LogP contribution in [-0.2, 0) is 11.2 Å². The number of aromatic nitrogens is 2. The molecule has 5 rings (SSSR count). The maximum absolute atomic E-state index is 12.6. The summed E-state index contributed by atoms with van der Waals surface area (Å²) in [6.07, 6.45) is 2.57. The number of amides is 1. The molecule has 1 amide bonds. The van der Waals surface area contributed by atoms with E-state index < -0.39 is 0 Å². The highest BCUT2D eigenvalue weighted by molar-refractivity contribution is 6.21. The molecule has 0 aliphatic heterocycles. The fraction of sp³-hybridized carbons (Fsp3) is 0.190. The van der Waals surface area contributed by atoms with Gasteiger partial charge < -0.3 is 5.32 Å². The van der Waals surface area contributed by atoms with E-state index in [1.807, 2.05) is 48.5 Å². The largest absolute Gasteiger partial charge is 0.309 e. The minimum Gasteiger partial charge on any atom is -0.309 e. The number of nitrogens with one attached hydrogen (secondary N) is 2. The van der Waals surface area contributed by atoms with Gasteiger partial charge in [0.25, 0.3) is 0 Å². The van der Waals surface area contributed by atoms with Crippen molar-refractivity contribution in [3.8, 4) is 11.1 Å². The van der Waals surface area contributed by atoms with E-state index in [-0.39, 0.29) is 18.1 Å². The number of anilines is 1. The maximum Gasteiger partial charge on any atom is 0.229 e. The molecule has 2 N–H and O–H groups in total. The van der Waals surface area contributed by atoms with E-state index in [1.54, 1.807) is 0 Å². The highest BCUT2D eigenvalue weighted by atomic mass is 16.1. The minimum absolute atomic E-state index is 0.0271. The second-order valence-electron chi connectivity index (χ2n) is 6.96. The smallest absolute Gasteiger partial charge is 0.229 e. The van der Waals surface area contributed by atoms with E-state index in [2.05, 4.69) is 15.5 Å². The number of nitrogens with zero attached hydrogens (tertiary/aromatic N) is 1. The summed E-state index contributed by atoms with van der Waals surface area (Å²) in [5.74, 6) is 1.01. The molecule has 128 valence electrons. The molecule has 0 radical (unpaired) electrons. The summed E-state index contributed by atoms with van der Waals surface area (Å²) in [7, 11) is 0. The number of aromatic amines is 1. The second-order valence-corrected chi connectivity index (χ2v) is 6.96. The lowest BCUT2D eigenvalue weighted by Gasteiger charge is -2.05. The van der Waals surface area contributed by atoms with Crippen molar-refractivity contribution in [2.45, 2.75) is 25.2 Å². The summed E-state index contributed by atoms with van der Waals surface area (Å²) >= 11 is 0. The monoisotopic (exact) mass is 343 g/mol. The van der Waals surface area contributed by atoms with Crippen LogP contribution in [0.25, 0.3) is 11.1 Å². The van der Waals surface area contributed by atoms with Crippen molar-refractivity contribution in [1.82, 2.24) is 10.2 Å². The van der Waals surface area contributed by atoms with Crippen LogP contribution in [0.3, 0.4) is 0 Å². The Morgan fingerprint density at radius 3 is 2.62 bits per heavy atom. The first-order valence-electron chi connectivity index (χ1n) is 8.81. The van der Waals surface area contributed by atoms with Crippen LogP contribution in [0.2, 0.25) is 0 Å². The third-order valence-electron chi connectivity index (χ3n) is 5.04. The lowest BCUT2D eigenvalue weighted by atomic mass is 10.0. The molecular weight excluding hydrogens is 326 g/mol. The van der Waals surface area contributed by atoms with Gasteiger partial charge in [-0.3, -0.25) is 14.7 Å². The Balaban J connectivity index is 1.33. The third-order valence-corrected chi connectivity index (χ3v) is 5.04. The zero-order valence-corrected chi connectivity index (χ0v) is 14.1. The minimum atomic E-state index is -0.137. The molecule has 5 heteroatoms. The number of hydrogen-bond acceptors (Lipinski definition) is 3. The zero-order chi connectivity index (χ0) is 17.7. The number of hydrogen-bond donors (Lipinski definition) is 2. The topological polar surface area (TPSA) is 74.8 Å². The van der Waals surface area contributed by atoms with Crippen LogP contribution in [0.4, 0.5) is 5.82 Å². The van der Waals surface area contributed by atoms with E-state index in [0.717, 1.165) is 27.9 Å². The predicted molar refractivity (Wildman–Crippen MR) is 98.2 cm³/mol. The Labute approximate surface area is 150 Å². The summed E-state index contributed by atoms with van der Waals surface area (Å²) in [5.41, 5.74) is 5.21. The van der Waals surface area contributed by atoms with E-state index in [0.29, 0.717) is 17.3 Å². The Kier molecular flexibility index (Phi) is 3.28. The number of fused-ring (bicyclic) bond motifs is 3. The fourth-order valence-corrected chi connectivity index (χ4v) is 3.56. The van der Waals surface area contributed by atoms with E-state index in [4.69, 9.17) is 0 Å². The molecule has 0 atom stereocenters.